The van der Waals surface area contributed by atoms with Crippen molar-refractivity contribution >= 4 is 6.08 Å². The maximum absolute atomic E-state index is 6.06. The molecular weight excluding hydrogens is 260 g/mol. The summed E-state index contributed by atoms with van der Waals surface area (Å²) in [7, 11) is 0. The predicted molar refractivity (Wildman–Crippen MR) is 85.2 cm³/mol. The van der Waals surface area contributed by atoms with Crippen molar-refractivity contribution in [3.63, 3.8) is 0 Å². The van der Waals surface area contributed by atoms with Crippen LogP contribution in [0.1, 0.15) is 36.1 Å². The zero-order valence-electron chi connectivity index (χ0n) is 12.3. The van der Waals surface area contributed by atoms with E-state index in [1.54, 1.807) is 0 Å². The van der Waals surface area contributed by atoms with E-state index in [0.29, 0.717) is 0 Å². The lowest BCUT2D eigenvalue weighted by Crippen LogP contribution is -2.18. The molecule has 21 heavy (non-hydrogen) atoms. The quantitative estimate of drug-likeness (QED) is 0.735. The van der Waals surface area contributed by atoms with E-state index >= 15 is 0 Å². The number of fused-ring (bicyclic) bond motifs is 1. The van der Waals surface area contributed by atoms with Crippen LogP contribution in [0.25, 0.3) is 6.08 Å². The normalized spacial score (nSPS) is 18.0. The zero-order chi connectivity index (χ0) is 14.7. The average molecular weight is 280 g/mol. The van der Waals surface area contributed by atoms with Gasteiger partial charge in [-0.05, 0) is 48.6 Å². The van der Waals surface area contributed by atoms with Crippen LogP contribution in [0.15, 0.2) is 55.1 Å². The van der Waals surface area contributed by atoms with Gasteiger partial charge in [-0.25, -0.2) is 0 Å². The maximum atomic E-state index is 6.06. The SMILES string of the molecule is C=Cc1ccc(OC(C)OC2CCc3ccccc32)cc1. The van der Waals surface area contributed by atoms with Gasteiger partial charge in [0, 0.05) is 0 Å². The van der Waals surface area contributed by atoms with Crippen molar-refractivity contribution in [2.24, 2.45) is 0 Å². The first-order chi connectivity index (χ1) is 10.3. The Morgan fingerprint density at radius 3 is 2.67 bits per heavy atom. The second-order valence-electron chi connectivity index (χ2n) is 5.32. The maximum Gasteiger partial charge on any atom is 0.197 e. The largest absolute Gasteiger partial charge is 0.465 e. The molecule has 1 aliphatic rings. The van der Waals surface area contributed by atoms with Crippen molar-refractivity contribution in [2.45, 2.75) is 32.2 Å². The first-order valence-electron chi connectivity index (χ1n) is 7.38. The molecule has 2 heteroatoms. The fourth-order valence-electron chi connectivity index (χ4n) is 2.79. The minimum Gasteiger partial charge on any atom is -0.465 e. The highest BCUT2D eigenvalue weighted by Crippen LogP contribution is 2.34. The molecule has 0 amide bonds. The zero-order valence-corrected chi connectivity index (χ0v) is 12.3. The topological polar surface area (TPSA) is 18.5 Å². The third kappa shape index (κ3) is 3.17. The number of rotatable bonds is 5. The molecule has 0 N–H and O–H groups in total. The van der Waals surface area contributed by atoms with Gasteiger partial charge < -0.3 is 9.47 Å². The Balaban J connectivity index is 1.62. The molecule has 2 aromatic rings. The summed E-state index contributed by atoms with van der Waals surface area (Å²) in [5.74, 6) is 0.819. The molecule has 2 unspecified atom stereocenters. The van der Waals surface area contributed by atoms with E-state index in [4.69, 9.17) is 9.47 Å². The molecule has 0 saturated carbocycles. The summed E-state index contributed by atoms with van der Waals surface area (Å²) < 4.78 is 11.9. The number of hydrogen-bond donors (Lipinski definition) is 0. The fourth-order valence-corrected chi connectivity index (χ4v) is 2.79. The van der Waals surface area contributed by atoms with Crippen LogP contribution in [0.3, 0.4) is 0 Å². The molecule has 0 aliphatic heterocycles. The molecule has 0 spiro atoms. The Labute approximate surface area is 126 Å². The third-order valence-corrected chi connectivity index (χ3v) is 3.85. The first kappa shape index (κ1) is 13.9. The Kier molecular flexibility index (Phi) is 4.07. The van der Waals surface area contributed by atoms with Crippen LogP contribution < -0.4 is 4.74 Å². The van der Waals surface area contributed by atoms with Gasteiger partial charge in [-0.3, -0.25) is 0 Å². The molecule has 2 atom stereocenters. The van der Waals surface area contributed by atoms with Crippen LogP contribution in [0.4, 0.5) is 0 Å². The van der Waals surface area contributed by atoms with Crippen molar-refractivity contribution in [1.82, 2.24) is 0 Å². The Morgan fingerprint density at radius 1 is 1.14 bits per heavy atom. The lowest BCUT2D eigenvalue weighted by Gasteiger charge is -2.20. The Bertz CT molecular complexity index is 616. The Hall–Kier alpha value is -2.06. The van der Waals surface area contributed by atoms with Crippen LogP contribution in [-0.2, 0) is 11.2 Å². The van der Waals surface area contributed by atoms with Gasteiger partial charge >= 0.3 is 0 Å². The van der Waals surface area contributed by atoms with Gasteiger partial charge in [0.15, 0.2) is 6.29 Å². The van der Waals surface area contributed by atoms with Crippen LogP contribution in [-0.4, -0.2) is 6.29 Å². The highest BCUT2D eigenvalue weighted by Gasteiger charge is 2.24. The van der Waals surface area contributed by atoms with Gasteiger partial charge in [-0.15, -0.1) is 0 Å². The highest BCUT2D eigenvalue weighted by atomic mass is 16.7. The van der Waals surface area contributed by atoms with Crippen molar-refractivity contribution in [1.29, 1.82) is 0 Å². The summed E-state index contributed by atoms with van der Waals surface area (Å²) in [6.45, 7) is 5.69. The molecule has 0 heterocycles. The second kappa shape index (κ2) is 6.15. The molecule has 0 saturated heterocycles. The summed E-state index contributed by atoms with van der Waals surface area (Å²) in [5.41, 5.74) is 3.78. The van der Waals surface area contributed by atoms with E-state index in [2.05, 4.69) is 30.8 Å². The smallest absolute Gasteiger partial charge is 0.197 e. The fraction of sp³-hybridized carbons (Fsp3) is 0.263. The molecule has 2 nitrogen and oxygen atoms in total. The molecule has 0 fully saturated rings. The van der Waals surface area contributed by atoms with Crippen LogP contribution >= 0.6 is 0 Å². The van der Waals surface area contributed by atoms with E-state index in [0.717, 1.165) is 24.2 Å². The van der Waals surface area contributed by atoms with Crippen molar-refractivity contribution < 1.29 is 9.47 Å². The van der Waals surface area contributed by atoms with E-state index < -0.39 is 0 Å². The average Bonchev–Trinajstić information content (AvgIpc) is 2.91. The first-order valence-corrected chi connectivity index (χ1v) is 7.38. The number of aryl methyl sites for hydroxylation is 1. The van der Waals surface area contributed by atoms with Gasteiger partial charge in [-0.2, -0.15) is 0 Å². The van der Waals surface area contributed by atoms with Gasteiger partial charge in [0.05, 0.1) is 6.10 Å². The summed E-state index contributed by atoms with van der Waals surface area (Å²) in [5, 5.41) is 0. The van der Waals surface area contributed by atoms with Crippen LogP contribution in [0.2, 0.25) is 0 Å². The molecule has 108 valence electrons. The molecule has 2 aromatic carbocycles. The van der Waals surface area contributed by atoms with Crippen LogP contribution in [0, 0.1) is 0 Å². The van der Waals surface area contributed by atoms with E-state index in [9.17, 15) is 0 Å². The molecule has 3 rings (SSSR count). The predicted octanol–water partition coefficient (Wildman–Crippen LogP) is 4.76. The summed E-state index contributed by atoms with van der Waals surface area (Å²) in [6.07, 6.45) is 3.81. The monoisotopic (exact) mass is 280 g/mol. The molecule has 0 radical (unpaired) electrons. The van der Waals surface area contributed by atoms with Crippen molar-refractivity contribution in [2.75, 3.05) is 0 Å². The van der Waals surface area contributed by atoms with E-state index in [-0.39, 0.29) is 12.4 Å². The van der Waals surface area contributed by atoms with Gasteiger partial charge in [0.25, 0.3) is 0 Å². The van der Waals surface area contributed by atoms with Gasteiger partial charge in [0.1, 0.15) is 5.75 Å². The van der Waals surface area contributed by atoms with Crippen LogP contribution in [0.5, 0.6) is 5.75 Å². The molecule has 0 aromatic heterocycles. The number of benzene rings is 2. The van der Waals surface area contributed by atoms with Gasteiger partial charge in [0.2, 0.25) is 0 Å². The van der Waals surface area contributed by atoms with E-state index in [1.807, 2.05) is 37.3 Å². The lowest BCUT2D eigenvalue weighted by atomic mass is 10.1. The lowest BCUT2D eigenvalue weighted by molar-refractivity contribution is -0.108. The minimum atomic E-state index is -0.268. The second-order valence-corrected chi connectivity index (χ2v) is 5.32. The molecular formula is C19H20O2. The summed E-state index contributed by atoms with van der Waals surface area (Å²) in [4.78, 5) is 0. The van der Waals surface area contributed by atoms with E-state index in [1.165, 1.54) is 11.1 Å². The van der Waals surface area contributed by atoms with Gasteiger partial charge in [-0.1, -0.05) is 49.1 Å². The highest BCUT2D eigenvalue weighted by molar-refractivity contribution is 5.48. The molecule has 0 bridgehead atoms. The minimum absolute atomic E-state index is 0.142. The number of hydrogen-bond acceptors (Lipinski definition) is 2. The van der Waals surface area contributed by atoms with Crippen molar-refractivity contribution in [3.05, 3.63) is 71.8 Å². The van der Waals surface area contributed by atoms with Crippen molar-refractivity contribution in [3.8, 4) is 5.75 Å². The molecule has 1 aliphatic carbocycles. The summed E-state index contributed by atoms with van der Waals surface area (Å²) in [6, 6.07) is 16.3. The third-order valence-electron chi connectivity index (χ3n) is 3.85. The Morgan fingerprint density at radius 2 is 1.90 bits per heavy atom. The summed E-state index contributed by atoms with van der Waals surface area (Å²) >= 11 is 0. The standard InChI is InChI=1S/C19H20O2/c1-3-15-8-11-17(12-9-15)20-14(2)21-19-13-10-16-6-4-5-7-18(16)19/h3-9,11-12,14,19H,1,10,13H2,2H3. The number of ether oxygens (including phenoxy) is 2.